The standard InChI is InChI=1S/C14H17FN6OS2/c15-8-2-1-7-3-11(10(7)4-8)19-13(17)12(16)14(20-22)23-6-9-5-18-24-21-9/h1-2,4,9,11,16,18,21-22H,3,5-6H2,(H2,17,19)/b16-12?,20-14+. The van der Waals surface area contributed by atoms with Crippen LogP contribution >= 0.6 is 23.9 Å². The largest absolute Gasteiger partial charge is 0.410 e. The lowest BCUT2D eigenvalue weighted by Gasteiger charge is -2.27. The first-order valence-corrected chi connectivity index (χ1v) is 9.08. The molecule has 0 saturated carbocycles. The number of nitrogens with one attached hydrogen (secondary N) is 3. The first-order chi connectivity index (χ1) is 11.6. The van der Waals surface area contributed by atoms with E-state index in [4.69, 9.17) is 16.4 Å². The van der Waals surface area contributed by atoms with Gasteiger partial charge in [0.05, 0.1) is 6.04 Å². The van der Waals surface area contributed by atoms with Crippen LogP contribution in [0.4, 0.5) is 4.39 Å². The number of rotatable bonds is 5. The van der Waals surface area contributed by atoms with Gasteiger partial charge in [-0.3, -0.25) is 10.4 Å². The summed E-state index contributed by atoms with van der Waals surface area (Å²) in [5.74, 6) is 0.306. The van der Waals surface area contributed by atoms with Crippen molar-refractivity contribution in [2.45, 2.75) is 18.5 Å². The van der Waals surface area contributed by atoms with Crippen LogP contribution in [0.15, 0.2) is 28.3 Å². The molecule has 1 saturated heterocycles. The zero-order valence-corrected chi connectivity index (χ0v) is 14.3. The fraction of sp³-hybridized carbons (Fsp3) is 0.357. The molecule has 0 bridgehead atoms. The number of amidine groups is 1. The topological polar surface area (TPSA) is 119 Å². The van der Waals surface area contributed by atoms with Gasteiger partial charge >= 0.3 is 0 Å². The van der Waals surface area contributed by atoms with Gasteiger partial charge in [-0.1, -0.05) is 23.0 Å². The molecular formula is C14H17FN6OS2. The van der Waals surface area contributed by atoms with Gasteiger partial charge in [0.15, 0.2) is 5.04 Å². The molecule has 1 aliphatic heterocycles. The maximum Gasteiger partial charge on any atom is 0.164 e. The van der Waals surface area contributed by atoms with Gasteiger partial charge in [-0.05, 0) is 29.7 Å². The molecule has 24 heavy (non-hydrogen) atoms. The van der Waals surface area contributed by atoms with Gasteiger partial charge in [-0.2, -0.15) is 0 Å². The van der Waals surface area contributed by atoms with E-state index in [0.717, 1.165) is 17.7 Å². The van der Waals surface area contributed by atoms with Crippen molar-refractivity contribution in [3.63, 3.8) is 0 Å². The number of fused-ring (bicyclic) bond motifs is 1. The Kier molecular flexibility index (Phi) is 5.39. The molecule has 0 amide bonds. The minimum atomic E-state index is -0.314. The third-order valence-electron chi connectivity index (χ3n) is 3.78. The Morgan fingerprint density at radius 2 is 2.38 bits per heavy atom. The number of hydrogen-bond acceptors (Lipinski definition) is 8. The van der Waals surface area contributed by atoms with E-state index in [0.29, 0.717) is 12.2 Å². The summed E-state index contributed by atoms with van der Waals surface area (Å²) in [7, 11) is 0. The van der Waals surface area contributed by atoms with Gasteiger partial charge in [0.1, 0.15) is 17.4 Å². The second-order valence-electron chi connectivity index (χ2n) is 5.43. The van der Waals surface area contributed by atoms with E-state index in [9.17, 15) is 4.39 Å². The van der Waals surface area contributed by atoms with Crippen molar-refractivity contribution in [2.24, 2.45) is 15.9 Å². The van der Waals surface area contributed by atoms with Crippen molar-refractivity contribution in [3.8, 4) is 0 Å². The number of nitrogens with zero attached hydrogens (tertiary/aromatic N) is 2. The number of benzene rings is 1. The molecule has 3 rings (SSSR count). The average Bonchev–Trinajstić information content (AvgIpc) is 3.08. The summed E-state index contributed by atoms with van der Waals surface area (Å²) in [5, 5.41) is 20.5. The molecule has 0 spiro atoms. The molecule has 10 heteroatoms. The first-order valence-electron chi connectivity index (χ1n) is 7.28. The van der Waals surface area contributed by atoms with Gasteiger partial charge < -0.3 is 10.9 Å². The molecule has 2 aliphatic rings. The van der Waals surface area contributed by atoms with Crippen LogP contribution in [0.25, 0.3) is 0 Å². The zero-order chi connectivity index (χ0) is 17.1. The number of hydrogen-bond donors (Lipinski definition) is 5. The van der Waals surface area contributed by atoms with E-state index in [1.165, 1.54) is 36.0 Å². The predicted molar refractivity (Wildman–Crippen MR) is 96.4 cm³/mol. The van der Waals surface area contributed by atoms with Crippen molar-refractivity contribution in [2.75, 3.05) is 12.3 Å². The second kappa shape index (κ2) is 7.51. The lowest BCUT2D eigenvalue weighted by molar-refractivity contribution is 0.321. The monoisotopic (exact) mass is 368 g/mol. The first kappa shape index (κ1) is 17.2. The minimum Gasteiger partial charge on any atom is -0.410 e. The van der Waals surface area contributed by atoms with Crippen molar-refractivity contribution in [3.05, 3.63) is 35.1 Å². The highest BCUT2D eigenvalue weighted by atomic mass is 32.2. The Hall–Kier alpha value is -1.62. The molecule has 1 aromatic carbocycles. The summed E-state index contributed by atoms with van der Waals surface area (Å²) in [6.07, 6.45) is 0.664. The molecule has 6 N–H and O–H groups in total. The maximum atomic E-state index is 13.3. The van der Waals surface area contributed by atoms with Crippen molar-refractivity contribution in [1.29, 1.82) is 5.41 Å². The summed E-state index contributed by atoms with van der Waals surface area (Å²) in [6, 6.07) is 4.55. The van der Waals surface area contributed by atoms with E-state index in [1.54, 1.807) is 6.07 Å². The molecule has 1 heterocycles. The zero-order valence-electron chi connectivity index (χ0n) is 12.6. The number of thioether (sulfide) groups is 1. The molecule has 1 aromatic rings. The fourth-order valence-electron chi connectivity index (χ4n) is 2.44. The number of aliphatic imine (C=N–C) groups is 1. The van der Waals surface area contributed by atoms with E-state index in [2.05, 4.69) is 19.6 Å². The van der Waals surface area contributed by atoms with Crippen molar-refractivity contribution < 1.29 is 9.60 Å². The van der Waals surface area contributed by atoms with Gasteiger partial charge in [0.2, 0.25) is 0 Å². The predicted octanol–water partition coefficient (Wildman–Crippen LogP) is 1.45. The summed E-state index contributed by atoms with van der Waals surface area (Å²) in [6.45, 7) is 0.789. The lowest BCUT2D eigenvalue weighted by Crippen LogP contribution is -2.32. The quantitative estimate of drug-likeness (QED) is 0.176. The number of halogens is 1. The van der Waals surface area contributed by atoms with Crippen LogP contribution in [0.5, 0.6) is 0 Å². The average molecular weight is 368 g/mol. The molecule has 0 aromatic heterocycles. The molecule has 2 atom stereocenters. The Labute approximate surface area is 147 Å². The number of nitrogens with two attached hydrogens (primary N) is 1. The van der Waals surface area contributed by atoms with Crippen molar-refractivity contribution >= 4 is 40.5 Å². The van der Waals surface area contributed by atoms with Crippen LogP contribution in [0.3, 0.4) is 0 Å². The third-order valence-corrected chi connectivity index (χ3v) is 5.68. The van der Waals surface area contributed by atoms with E-state index < -0.39 is 0 Å². The Morgan fingerprint density at radius 1 is 1.54 bits per heavy atom. The van der Waals surface area contributed by atoms with Crippen LogP contribution in [0, 0.1) is 11.2 Å². The lowest BCUT2D eigenvalue weighted by atomic mass is 9.83. The summed E-state index contributed by atoms with van der Waals surface area (Å²) < 4.78 is 19.5. The number of oxime groups is 1. The fourth-order valence-corrected chi connectivity index (χ4v) is 4.11. The van der Waals surface area contributed by atoms with E-state index >= 15 is 0 Å². The highest BCUT2D eigenvalue weighted by molar-refractivity contribution is 8.16. The van der Waals surface area contributed by atoms with Crippen LogP contribution in [-0.4, -0.2) is 40.1 Å². The Balaban J connectivity index is 1.62. The van der Waals surface area contributed by atoms with Gasteiger partial charge in [-0.25, -0.2) is 13.8 Å². The Bertz CT molecular complexity index is 705. The molecule has 0 radical (unpaired) electrons. The maximum absolute atomic E-state index is 13.3. The van der Waals surface area contributed by atoms with Crippen LogP contribution in [0.1, 0.15) is 17.2 Å². The van der Waals surface area contributed by atoms with Crippen LogP contribution in [-0.2, 0) is 6.42 Å². The molecular weight excluding hydrogens is 351 g/mol. The van der Waals surface area contributed by atoms with Gasteiger partial charge in [0, 0.05) is 30.5 Å². The molecule has 1 fully saturated rings. The SMILES string of the molecule is N=C(C(N)=NC1Cc2ccc(F)cc21)/C(=N\O)SCC1CNSN1. The molecule has 128 valence electrons. The smallest absolute Gasteiger partial charge is 0.164 e. The summed E-state index contributed by atoms with van der Waals surface area (Å²) in [4.78, 5) is 4.28. The highest BCUT2D eigenvalue weighted by Gasteiger charge is 2.27. The molecule has 2 unspecified atom stereocenters. The highest BCUT2D eigenvalue weighted by Crippen LogP contribution is 2.36. The normalized spacial score (nSPS) is 23.7. The molecule has 1 aliphatic carbocycles. The van der Waals surface area contributed by atoms with Gasteiger partial charge in [-0.15, -0.1) is 0 Å². The van der Waals surface area contributed by atoms with Crippen LogP contribution < -0.4 is 15.2 Å². The van der Waals surface area contributed by atoms with Crippen molar-refractivity contribution in [1.82, 2.24) is 9.44 Å². The second-order valence-corrected chi connectivity index (χ2v) is 7.17. The van der Waals surface area contributed by atoms with E-state index in [-0.39, 0.29) is 34.5 Å². The summed E-state index contributed by atoms with van der Waals surface area (Å²) >= 11 is 2.66. The summed E-state index contributed by atoms with van der Waals surface area (Å²) in [5.41, 5.74) is 7.58. The third kappa shape index (κ3) is 3.72. The molecule has 7 nitrogen and oxygen atoms in total. The van der Waals surface area contributed by atoms with E-state index in [1.807, 2.05) is 0 Å². The Morgan fingerprint density at radius 3 is 3.08 bits per heavy atom. The van der Waals surface area contributed by atoms with Gasteiger partial charge in [0.25, 0.3) is 0 Å². The van der Waals surface area contributed by atoms with Crippen LogP contribution in [0.2, 0.25) is 0 Å². The minimum absolute atomic E-state index is 0.0120.